The van der Waals surface area contributed by atoms with Crippen LogP contribution in [0.25, 0.3) is 0 Å². The van der Waals surface area contributed by atoms with E-state index in [2.05, 4.69) is 77.7 Å². The third-order valence-electron chi connectivity index (χ3n) is 3.78. The molecule has 1 nitrogen and oxygen atoms in total. The standard InChI is InChI=1S/C17H22BrNS/c1-4-12(3)13-6-8-14(9-7-13)17(19-5-2)15-10-16(18)20-11-15/h6-12,17,19H,4-5H2,1-3H3. The van der Waals surface area contributed by atoms with E-state index in [1.807, 2.05) is 0 Å². The van der Waals surface area contributed by atoms with E-state index >= 15 is 0 Å². The van der Waals surface area contributed by atoms with Crippen molar-refractivity contribution in [2.24, 2.45) is 0 Å². The van der Waals surface area contributed by atoms with Gasteiger partial charge in [-0.3, -0.25) is 0 Å². The Labute approximate surface area is 134 Å². The van der Waals surface area contributed by atoms with Crippen molar-refractivity contribution in [2.75, 3.05) is 6.54 Å². The molecule has 2 aromatic rings. The Morgan fingerprint density at radius 1 is 1.10 bits per heavy atom. The lowest BCUT2D eigenvalue weighted by Crippen LogP contribution is -2.21. The normalized spacial score (nSPS) is 14.2. The third kappa shape index (κ3) is 3.72. The summed E-state index contributed by atoms with van der Waals surface area (Å²) in [6, 6.07) is 11.6. The average molecular weight is 352 g/mol. The van der Waals surface area contributed by atoms with Crippen LogP contribution in [0.5, 0.6) is 0 Å². The molecule has 0 radical (unpaired) electrons. The van der Waals surface area contributed by atoms with Gasteiger partial charge >= 0.3 is 0 Å². The van der Waals surface area contributed by atoms with Crippen molar-refractivity contribution in [3.05, 3.63) is 56.2 Å². The molecule has 108 valence electrons. The highest BCUT2D eigenvalue weighted by Gasteiger charge is 2.14. The molecule has 0 amide bonds. The highest BCUT2D eigenvalue weighted by atomic mass is 79.9. The van der Waals surface area contributed by atoms with Gasteiger partial charge in [0.25, 0.3) is 0 Å². The number of nitrogens with one attached hydrogen (secondary N) is 1. The van der Waals surface area contributed by atoms with Gasteiger partial charge in [-0.15, -0.1) is 11.3 Å². The Kier molecular flexibility index (Phi) is 5.82. The molecule has 0 saturated carbocycles. The summed E-state index contributed by atoms with van der Waals surface area (Å²) < 4.78 is 1.19. The van der Waals surface area contributed by atoms with E-state index in [9.17, 15) is 0 Å². The van der Waals surface area contributed by atoms with Gasteiger partial charge in [-0.25, -0.2) is 0 Å². The van der Waals surface area contributed by atoms with Crippen LogP contribution in [0, 0.1) is 0 Å². The van der Waals surface area contributed by atoms with Gasteiger partial charge in [-0.1, -0.05) is 45.0 Å². The fraction of sp³-hybridized carbons (Fsp3) is 0.412. The monoisotopic (exact) mass is 351 g/mol. The van der Waals surface area contributed by atoms with Gasteiger partial charge in [0.2, 0.25) is 0 Å². The zero-order chi connectivity index (χ0) is 14.5. The predicted molar refractivity (Wildman–Crippen MR) is 92.7 cm³/mol. The van der Waals surface area contributed by atoms with Crippen molar-refractivity contribution in [1.29, 1.82) is 0 Å². The molecule has 2 unspecified atom stereocenters. The molecule has 1 N–H and O–H groups in total. The van der Waals surface area contributed by atoms with Crippen LogP contribution < -0.4 is 5.32 Å². The molecule has 0 aliphatic carbocycles. The summed E-state index contributed by atoms with van der Waals surface area (Å²) in [6.45, 7) is 7.64. The van der Waals surface area contributed by atoms with Crippen LogP contribution in [0.2, 0.25) is 0 Å². The van der Waals surface area contributed by atoms with E-state index < -0.39 is 0 Å². The molecular formula is C17H22BrNS. The van der Waals surface area contributed by atoms with Crippen molar-refractivity contribution >= 4 is 27.3 Å². The summed E-state index contributed by atoms with van der Waals surface area (Å²) in [5, 5.41) is 5.80. The van der Waals surface area contributed by atoms with Gasteiger partial charge in [0.15, 0.2) is 0 Å². The number of rotatable bonds is 6. The van der Waals surface area contributed by atoms with Crippen LogP contribution in [-0.2, 0) is 0 Å². The molecule has 0 aliphatic rings. The predicted octanol–water partition coefficient (Wildman–Crippen LogP) is 5.72. The van der Waals surface area contributed by atoms with Crippen molar-refractivity contribution in [3.8, 4) is 0 Å². The smallest absolute Gasteiger partial charge is 0.0701 e. The Morgan fingerprint density at radius 3 is 2.25 bits per heavy atom. The minimum atomic E-state index is 0.286. The SMILES string of the molecule is CCNC(c1ccc(C(C)CC)cc1)c1csc(Br)c1. The summed E-state index contributed by atoms with van der Waals surface area (Å²) in [5.41, 5.74) is 4.10. The van der Waals surface area contributed by atoms with E-state index in [0.717, 1.165) is 6.54 Å². The first-order chi connectivity index (χ1) is 9.65. The van der Waals surface area contributed by atoms with Crippen LogP contribution in [0.4, 0.5) is 0 Å². The molecule has 3 heteroatoms. The molecule has 1 heterocycles. The second-order valence-electron chi connectivity index (χ2n) is 5.15. The Morgan fingerprint density at radius 2 is 1.75 bits per heavy atom. The van der Waals surface area contributed by atoms with E-state index in [0.29, 0.717) is 5.92 Å². The van der Waals surface area contributed by atoms with E-state index in [1.165, 1.54) is 26.9 Å². The van der Waals surface area contributed by atoms with Gasteiger partial charge in [0, 0.05) is 0 Å². The third-order valence-corrected chi connectivity index (χ3v) is 5.30. The lowest BCUT2D eigenvalue weighted by molar-refractivity contribution is 0.631. The zero-order valence-electron chi connectivity index (χ0n) is 12.3. The maximum absolute atomic E-state index is 3.58. The molecule has 0 spiro atoms. The first-order valence-corrected chi connectivity index (χ1v) is 8.90. The minimum Gasteiger partial charge on any atom is -0.307 e. The average Bonchev–Trinajstić information content (AvgIpc) is 2.90. The summed E-state index contributed by atoms with van der Waals surface area (Å²) >= 11 is 5.30. The van der Waals surface area contributed by atoms with Gasteiger partial charge in [0.05, 0.1) is 9.83 Å². The summed E-state index contributed by atoms with van der Waals surface area (Å²) in [7, 11) is 0. The van der Waals surface area contributed by atoms with E-state index in [4.69, 9.17) is 0 Å². The minimum absolute atomic E-state index is 0.286. The first-order valence-electron chi connectivity index (χ1n) is 7.22. The van der Waals surface area contributed by atoms with Crippen molar-refractivity contribution in [2.45, 2.75) is 39.2 Å². The molecule has 0 aliphatic heterocycles. The topological polar surface area (TPSA) is 12.0 Å². The zero-order valence-corrected chi connectivity index (χ0v) is 14.7. The van der Waals surface area contributed by atoms with Gasteiger partial charge in [-0.2, -0.15) is 0 Å². The van der Waals surface area contributed by atoms with Crippen molar-refractivity contribution < 1.29 is 0 Å². The van der Waals surface area contributed by atoms with Crippen LogP contribution in [-0.4, -0.2) is 6.54 Å². The highest BCUT2D eigenvalue weighted by Crippen LogP contribution is 2.30. The fourth-order valence-electron chi connectivity index (χ4n) is 2.36. The second-order valence-corrected chi connectivity index (χ2v) is 7.44. The molecule has 1 aromatic carbocycles. The number of benzene rings is 1. The van der Waals surface area contributed by atoms with Gasteiger partial charge < -0.3 is 5.32 Å². The van der Waals surface area contributed by atoms with Crippen LogP contribution in [0.3, 0.4) is 0 Å². The van der Waals surface area contributed by atoms with E-state index in [1.54, 1.807) is 11.3 Å². The molecule has 2 rings (SSSR count). The summed E-state index contributed by atoms with van der Waals surface area (Å²) in [5.74, 6) is 0.636. The largest absolute Gasteiger partial charge is 0.307 e. The molecule has 2 atom stereocenters. The van der Waals surface area contributed by atoms with Crippen LogP contribution in [0.15, 0.2) is 39.5 Å². The van der Waals surface area contributed by atoms with Crippen molar-refractivity contribution in [3.63, 3.8) is 0 Å². The van der Waals surface area contributed by atoms with Crippen LogP contribution >= 0.6 is 27.3 Å². The van der Waals surface area contributed by atoms with E-state index in [-0.39, 0.29) is 6.04 Å². The van der Waals surface area contributed by atoms with Gasteiger partial charge in [-0.05, 0) is 63.0 Å². The number of halogens is 1. The molecule has 1 aromatic heterocycles. The lowest BCUT2D eigenvalue weighted by atomic mass is 9.94. The fourth-order valence-corrected chi connectivity index (χ4v) is 3.56. The second kappa shape index (κ2) is 7.39. The van der Waals surface area contributed by atoms with Crippen LogP contribution in [0.1, 0.15) is 55.8 Å². The molecular weight excluding hydrogens is 330 g/mol. The lowest BCUT2D eigenvalue weighted by Gasteiger charge is -2.18. The maximum atomic E-state index is 3.58. The van der Waals surface area contributed by atoms with Crippen molar-refractivity contribution in [1.82, 2.24) is 5.32 Å². The number of hydrogen-bond donors (Lipinski definition) is 1. The number of hydrogen-bond acceptors (Lipinski definition) is 2. The number of thiophene rings is 1. The Hall–Kier alpha value is -0.640. The summed E-state index contributed by atoms with van der Waals surface area (Å²) in [6.07, 6.45) is 1.19. The highest BCUT2D eigenvalue weighted by molar-refractivity contribution is 9.11. The molecule has 0 bridgehead atoms. The quantitative estimate of drug-likeness (QED) is 0.701. The first kappa shape index (κ1) is 15.7. The molecule has 20 heavy (non-hydrogen) atoms. The Balaban J connectivity index is 2.25. The maximum Gasteiger partial charge on any atom is 0.0701 e. The Bertz CT molecular complexity index is 532. The summed E-state index contributed by atoms with van der Waals surface area (Å²) in [4.78, 5) is 0. The van der Waals surface area contributed by atoms with Gasteiger partial charge in [0.1, 0.15) is 0 Å². The molecule has 0 saturated heterocycles. The molecule has 0 fully saturated rings.